The molecule has 116 valence electrons. The number of halogens is 3. The van der Waals surface area contributed by atoms with Crippen LogP contribution in [0.5, 0.6) is 11.5 Å². The van der Waals surface area contributed by atoms with E-state index in [2.05, 4.69) is 18.2 Å². The third-order valence-corrected chi connectivity index (χ3v) is 3.87. The van der Waals surface area contributed by atoms with E-state index in [1.54, 1.807) is 25.3 Å². The van der Waals surface area contributed by atoms with Crippen molar-refractivity contribution >= 4 is 56.5 Å². The molecular formula is C16H10Cl3NO2U. The van der Waals surface area contributed by atoms with Crippen molar-refractivity contribution in [2.75, 3.05) is 7.11 Å². The summed E-state index contributed by atoms with van der Waals surface area (Å²) in [6.07, 6.45) is 0. The third kappa shape index (κ3) is 3.67. The SMILES string of the molecule is [CH2-]Oc1[c-]cc2c(C(Cl)(Cl)Cl)nc3cc(OC)ccc3c2c1.[U+2]. The van der Waals surface area contributed by atoms with Crippen molar-refractivity contribution in [1.82, 2.24) is 4.98 Å². The molecule has 0 saturated heterocycles. The van der Waals surface area contributed by atoms with Crippen molar-refractivity contribution in [3.8, 4) is 11.5 Å². The van der Waals surface area contributed by atoms with Crippen LogP contribution in [-0.4, -0.2) is 12.1 Å². The third-order valence-electron chi connectivity index (χ3n) is 3.33. The monoisotopic (exact) mass is 591 g/mol. The molecule has 0 saturated carbocycles. The molecule has 0 atom stereocenters. The Morgan fingerprint density at radius 1 is 1.13 bits per heavy atom. The second-order valence-electron chi connectivity index (χ2n) is 4.61. The standard InChI is InChI=1S/C16H10Cl3NO2.U/c1-21-9-4-6-12-13(7-9)11-5-3-10(22-2)8-14(11)20-15(12)16(17,18)19;/h3,5-8H,1H2,2H3;/q-2;+2. The summed E-state index contributed by atoms with van der Waals surface area (Å²) in [6, 6.07) is 11.9. The predicted molar refractivity (Wildman–Crippen MR) is 89.9 cm³/mol. The molecule has 0 aliphatic heterocycles. The minimum atomic E-state index is -1.66. The zero-order valence-corrected chi connectivity index (χ0v) is 18.4. The van der Waals surface area contributed by atoms with Gasteiger partial charge in [0.05, 0.1) is 12.6 Å². The Balaban J connectivity index is 0.00000192. The molecule has 7 heteroatoms. The Hall–Kier alpha value is -0.368. The summed E-state index contributed by atoms with van der Waals surface area (Å²) < 4.78 is 8.56. The summed E-state index contributed by atoms with van der Waals surface area (Å²) in [5.41, 5.74) is 0.995. The number of nitrogens with zero attached hydrogens (tertiary/aromatic N) is 1. The first-order valence-corrected chi connectivity index (χ1v) is 7.40. The predicted octanol–water partition coefficient (Wildman–Crippen LogP) is 5.19. The van der Waals surface area contributed by atoms with Crippen LogP contribution in [-0.2, 0) is 3.79 Å². The molecule has 0 aliphatic rings. The quantitative estimate of drug-likeness (QED) is 0.233. The molecule has 1 heterocycles. The van der Waals surface area contributed by atoms with Gasteiger partial charge in [0, 0.05) is 11.8 Å². The zero-order valence-electron chi connectivity index (χ0n) is 12.0. The van der Waals surface area contributed by atoms with Crippen LogP contribution in [0.1, 0.15) is 5.69 Å². The van der Waals surface area contributed by atoms with E-state index < -0.39 is 3.79 Å². The van der Waals surface area contributed by atoms with Gasteiger partial charge in [0.1, 0.15) is 5.75 Å². The Bertz CT molecular complexity index is 865. The average molecular weight is 593 g/mol. The number of ether oxygens (including phenoxy) is 2. The Kier molecular flexibility index (Phi) is 5.98. The second-order valence-corrected chi connectivity index (χ2v) is 6.89. The molecule has 3 aromatic rings. The molecule has 0 N–H and O–H groups in total. The first-order valence-electron chi connectivity index (χ1n) is 6.26. The Labute approximate surface area is 172 Å². The largest absolute Gasteiger partial charge is 2.00 e. The van der Waals surface area contributed by atoms with E-state index in [9.17, 15) is 0 Å². The molecule has 0 bridgehead atoms. The van der Waals surface area contributed by atoms with Crippen molar-refractivity contribution < 1.29 is 40.6 Å². The van der Waals surface area contributed by atoms with Crippen LogP contribution < -0.4 is 9.47 Å². The van der Waals surface area contributed by atoms with Crippen LogP contribution >= 0.6 is 34.8 Å². The number of pyridine rings is 1. The molecule has 0 fully saturated rings. The van der Waals surface area contributed by atoms with Gasteiger partial charge in [-0.1, -0.05) is 40.9 Å². The molecule has 0 aliphatic carbocycles. The van der Waals surface area contributed by atoms with E-state index in [4.69, 9.17) is 44.3 Å². The Morgan fingerprint density at radius 2 is 1.87 bits per heavy atom. The number of hydrogen-bond donors (Lipinski definition) is 0. The van der Waals surface area contributed by atoms with Gasteiger partial charge in [-0.2, -0.15) is 13.2 Å². The number of fused-ring (bicyclic) bond motifs is 3. The Morgan fingerprint density at radius 3 is 2.48 bits per heavy atom. The summed E-state index contributed by atoms with van der Waals surface area (Å²) in [4.78, 5) is 4.49. The first-order chi connectivity index (χ1) is 10.4. The van der Waals surface area contributed by atoms with Gasteiger partial charge >= 0.3 is 31.1 Å². The van der Waals surface area contributed by atoms with E-state index in [0.717, 1.165) is 10.8 Å². The van der Waals surface area contributed by atoms with E-state index in [-0.39, 0.29) is 31.1 Å². The molecule has 2 aromatic carbocycles. The number of rotatable bonds is 2. The molecule has 0 amide bonds. The number of aromatic nitrogens is 1. The van der Waals surface area contributed by atoms with Gasteiger partial charge in [-0.15, -0.1) is 22.9 Å². The van der Waals surface area contributed by atoms with Crippen molar-refractivity contribution in [3.05, 3.63) is 49.2 Å². The zero-order chi connectivity index (χ0) is 15.9. The molecule has 1 aromatic heterocycles. The van der Waals surface area contributed by atoms with Gasteiger partial charge in [0.25, 0.3) is 0 Å². The number of methoxy groups -OCH3 is 1. The summed E-state index contributed by atoms with van der Waals surface area (Å²) >= 11 is 18.2. The van der Waals surface area contributed by atoms with Crippen molar-refractivity contribution in [2.24, 2.45) is 0 Å². The van der Waals surface area contributed by atoms with E-state index in [1.165, 1.54) is 0 Å². The fraction of sp³-hybridized carbons (Fsp3) is 0.125. The molecule has 0 radical (unpaired) electrons. The fourth-order valence-electron chi connectivity index (χ4n) is 2.33. The number of hydrogen-bond acceptors (Lipinski definition) is 3. The normalized spacial score (nSPS) is 11.3. The van der Waals surface area contributed by atoms with Crippen molar-refractivity contribution in [3.63, 3.8) is 0 Å². The molecular weight excluding hydrogens is 583 g/mol. The van der Waals surface area contributed by atoms with Gasteiger partial charge < -0.3 is 9.47 Å². The van der Waals surface area contributed by atoms with Gasteiger partial charge in [-0.25, -0.2) is 0 Å². The van der Waals surface area contributed by atoms with Gasteiger partial charge in [-0.05, 0) is 17.2 Å². The fourth-order valence-corrected chi connectivity index (χ4v) is 2.76. The van der Waals surface area contributed by atoms with Crippen LogP contribution in [0.4, 0.5) is 0 Å². The van der Waals surface area contributed by atoms with Crippen molar-refractivity contribution in [2.45, 2.75) is 3.79 Å². The van der Waals surface area contributed by atoms with Crippen LogP contribution in [0.3, 0.4) is 0 Å². The molecule has 0 unspecified atom stereocenters. The summed E-state index contributed by atoms with van der Waals surface area (Å²) in [5.74, 6) is 1.16. The van der Waals surface area contributed by atoms with Crippen molar-refractivity contribution in [1.29, 1.82) is 0 Å². The van der Waals surface area contributed by atoms with E-state index >= 15 is 0 Å². The van der Waals surface area contributed by atoms with E-state index in [0.29, 0.717) is 28.1 Å². The maximum absolute atomic E-state index is 6.06. The molecule has 3 nitrogen and oxygen atoms in total. The number of alkyl halides is 3. The van der Waals surface area contributed by atoms with Gasteiger partial charge in [0.2, 0.25) is 3.79 Å². The maximum atomic E-state index is 6.06. The molecule has 3 rings (SSSR count). The van der Waals surface area contributed by atoms with Crippen LogP contribution in [0.25, 0.3) is 21.7 Å². The minimum Gasteiger partial charge on any atom is -0.683 e. The molecule has 0 spiro atoms. The first kappa shape index (κ1) is 19.0. The smallest absolute Gasteiger partial charge is 0.683 e. The summed E-state index contributed by atoms with van der Waals surface area (Å²) in [5, 5.41) is 2.42. The average Bonchev–Trinajstić information content (AvgIpc) is 2.51. The number of benzene rings is 2. The molecule has 23 heavy (non-hydrogen) atoms. The second kappa shape index (κ2) is 7.25. The van der Waals surface area contributed by atoms with Gasteiger partial charge in [-0.3, -0.25) is 4.98 Å². The van der Waals surface area contributed by atoms with Crippen LogP contribution in [0.2, 0.25) is 0 Å². The maximum Gasteiger partial charge on any atom is 2.00 e. The minimum absolute atomic E-state index is 0. The topological polar surface area (TPSA) is 31.4 Å². The van der Waals surface area contributed by atoms with E-state index in [1.807, 2.05) is 12.1 Å². The van der Waals surface area contributed by atoms with Crippen LogP contribution in [0.15, 0.2) is 30.3 Å². The van der Waals surface area contributed by atoms with Crippen LogP contribution in [0, 0.1) is 44.3 Å². The van der Waals surface area contributed by atoms with Gasteiger partial charge in [0.15, 0.2) is 0 Å². The summed E-state index contributed by atoms with van der Waals surface area (Å²) in [7, 11) is 4.98. The summed E-state index contributed by atoms with van der Waals surface area (Å²) in [6.45, 7) is 0.